The Morgan fingerprint density at radius 2 is 1.44 bits per heavy atom. The van der Waals surface area contributed by atoms with Crippen molar-refractivity contribution in [3.63, 3.8) is 0 Å². The Balaban J connectivity index is 1.82. The quantitative estimate of drug-likeness (QED) is 0.212. The van der Waals surface area contributed by atoms with Crippen LogP contribution in [0, 0.1) is 38.5 Å². The molecule has 34 heavy (non-hydrogen) atoms. The van der Waals surface area contributed by atoms with Crippen LogP contribution in [0.15, 0.2) is 0 Å². The molecule has 3 nitrogen and oxygen atoms in total. The number of carbonyl (C=O) groups excluding carboxylic acids is 1. The van der Waals surface area contributed by atoms with E-state index < -0.39 is 0 Å². The molecule has 0 spiro atoms. The number of hydrogen-bond donors (Lipinski definition) is 0. The van der Waals surface area contributed by atoms with Gasteiger partial charge in [-0.1, -0.05) is 72.6 Å². The van der Waals surface area contributed by atoms with Gasteiger partial charge in [0.05, 0.1) is 0 Å². The molecular weight excluding hydrogens is 420 g/mol. The lowest BCUT2D eigenvalue weighted by atomic mass is 9.83. The maximum atomic E-state index is 11.6. The van der Waals surface area contributed by atoms with Crippen LogP contribution in [0.4, 0.5) is 0 Å². The lowest BCUT2D eigenvalue weighted by molar-refractivity contribution is -0.132. The third kappa shape index (κ3) is 8.31. The zero-order valence-electron chi connectivity index (χ0n) is 23.7. The zero-order chi connectivity index (χ0) is 25.5. The van der Waals surface area contributed by atoms with E-state index in [-0.39, 0.29) is 11.6 Å². The highest BCUT2D eigenvalue weighted by atomic mass is 16.5. The first-order valence-corrected chi connectivity index (χ1v) is 13.9. The number of ether oxygens (including phenoxy) is 2. The van der Waals surface area contributed by atoms with Crippen LogP contribution >= 0.6 is 0 Å². The normalized spacial score (nSPS) is 19.5. The van der Waals surface area contributed by atoms with Crippen LogP contribution in [0.25, 0.3) is 0 Å². The molecule has 3 atom stereocenters. The summed E-state index contributed by atoms with van der Waals surface area (Å²) in [4.78, 5) is 11.6. The molecule has 3 heteroatoms. The fraction of sp³-hybridized carbons (Fsp3) is 0.774. The summed E-state index contributed by atoms with van der Waals surface area (Å²) in [5, 5.41) is 0. The molecule has 1 aromatic carbocycles. The van der Waals surface area contributed by atoms with E-state index in [1.165, 1.54) is 63.9 Å². The molecule has 0 amide bonds. The van der Waals surface area contributed by atoms with Gasteiger partial charge in [0.2, 0.25) is 0 Å². The third-order valence-electron chi connectivity index (χ3n) is 8.08. The van der Waals surface area contributed by atoms with Gasteiger partial charge in [-0.05, 0) is 87.8 Å². The number of fused-ring (bicyclic) bond motifs is 1. The van der Waals surface area contributed by atoms with E-state index in [4.69, 9.17) is 9.47 Å². The Hall–Kier alpha value is -1.51. The van der Waals surface area contributed by atoms with E-state index >= 15 is 0 Å². The number of benzene rings is 1. The Bertz CT molecular complexity index is 810. The van der Waals surface area contributed by atoms with Crippen molar-refractivity contribution in [2.75, 3.05) is 0 Å². The van der Waals surface area contributed by atoms with Gasteiger partial charge in [0.25, 0.3) is 0 Å². The van der Waals surface area contributed by atoms with Crippen LogP contribution in [-0.2, 0) is 11.2 Å². The van der Waals surface area contributed by atoms with Crippen LogP contribution < -0.4 is 9.47 Å². The van der Waals surface area contributed by atoms with Gasteiger partial charge in [0.1, 0.15) is 17.1 Å². The highest BCUT2D eigenvalue weighted by Gasteiger charge is 2.34. The third-order valence-corrected chi connectivity index (χ3v) is 8.08. The second-order valence-corrected chi connectivity index (χ2v) is 12.0. The van der Waals surface area contributed by atoms with Crippen LogP contribution in [0.2, 0.25) is 0 Å². The van der Waals surface area contributed by atoms with Crippen molar-refractivity contribution >= 4 is 5.97 Å². The molecule has 2 rings (SSSR count). The molecule has 194 valence electrons. The van der Waals surface area contributed by atoms with Crippen LogP contribution in [0.5, 0.6) is 11.5 Å². The summed E-state index contributed by atoms with van der Waals surface area (Å²) in [6.45, 7) is 19.5. The van der Waals surface area contributed by atoms with Gasteiger partial charge in [-0.15, -0.1) is 0 Å². The minimum Gasteiger partial charge on any atom is -0.487 e. The number of hydrogen-bond acceptors (Lipinski definition) is 3. The van der Waals surface area contributed by atoms with Crippen molar-refractivity contribution in [1.29, 1.82) is 0 Å². The molecule has 0 bridgehead atoms. The fourth-order valence-corrected chi connectivity index (χ4v) is 5.56. The van der Waals surface area contributed by atoms with E-state index in [1.807, 2.05) is 6.92 Å². The standard InChI is InChI=1S/C31H52O3/c1-21(2)13-10-14-22(3)15-11-16-23(4)17-12-19-31(9)20-18-28-26(7)29(33-27(8)32)24(5)25(6)30(28)34-31/h21-23H,10-20H2,1-9H3/t22-,23-,31+/m0/s1. The van der Waals surface area contributed by atoms with E-state index in [1.54, 1.807) is 0 Å². The number of esters is 1. The van der Waals surface area contributed by atoms with Crippen molar-refractivity contribution in [1.82, 2.24) is 0 Å². The molecule has 0 radical (unpaired) electrons. The van der Waals surface area contributed by atoms with Crippen LogP contribution in [0.3, 0.4) is 0 Å². The largest absolute Gasteiger partial charge is 0.487 e. The Morgan fingerprint density at radius 3 is 2.00 bits per heavy atom. The number of rotatable bonds is 13. The first-order valence-electron chi connectivity index (χ1n) is 13.9. The minimum absolute atomic E-state index is 0.107. The highest BCUT2D eigenvalue weighted by Crippen LogP contribution is 2.45. The van der Waals surface area contributed by atoms with E-state index in [0.29, 0.717) is 0 Å². The summed E-state index contributed by atoms with van der Waals surface area (Å²) in [5.41, 5.74) is 4.29. The molecule has 1 aliphatic heterocycles. The predicted octanol–water partition coefficient (Wildman–Crippen LogP) is 9.06. The van der Waals surface area contributed by atoms with Crippen molar-refractivity contribution in [2.45, 2.75) is 139 Å². The molecule has 0 saturated heterocycles. The summed E-state index contributed by atoms with van der Waals surface area (Å²) in [5.74, 6) is 3.99. The van der Waals surface area contributed by atoms with Crippen molar-refractivity contribution in [3.8, 4) is 11.5 Å². The highest BCUT2D eigenvalue weighted by molar-refractivity contribution is 5.72. The van der Waals surface area contributed by atoms with Gasteiger partial charge >= 0.3 is 5.97 Å². The average Bonchev–Trinajstić information content (AvgIpc) is 2.74. The molecular formula is C31H52O3. The molecule has 0 aromatic heterocycles. The zero-order valence-corrected chi connectivity index (χ0v) is 23.7. The van der Waals surface area contributed by atoms with Crippen molar-refractivity contribution in [3.05, 3.63) is 22.3 Å². The fourth-order valence-electron chi connectivity index (χ4n) is 5.56. The van der Waals surface area contributed by atoms with E-state index in [2.05, 4.69) is 48.5 Å². The average molecular weight is 473 g/mol. The molecule has 0 N–H and O–H groups in total. The molecule has 0 aliphatic carbocycles. The van der Waals surface area contributed by atoms with Gasteiger partial charge in [-0.25, -0.2) is 0 Å². The van der Waals surface area contributed by atoms with Gasteiger partial charge in [-0.2, -0.15) is 0 Å². The van der Waals surface area contributed by atoms with Gasteiger partial charge in [0, 0.05) is 12.5 Å². The molecule has 1 aliphatic rings. The minimum atomic E-state index is -0.262. The van der Waals surface area contributed by atoms with Crippen LogP contribution in [0.1, 0.15) is 128 Å². The van der Waals surface area contributed by atoms with Gasteiger partial charge in [-0.3, -0.25) is 4.79 Å². The Kier molecular flexibility index (Phi) is 11.0. The molecule has 0 unspecified atom stereocenters. The van der Waals surface area contributed by atoms with Crippen LogP contribution in [-0.4, -0.2) is 11.6 Å². The molecule has 1 heterocycles. The first kappa shape index (κ1) is 28.7. The van der Waals surface area contributed by atoms with Crippen molar-refractivity contribution < 1.29 is 14.3 Å². The number of carbonyl (C=O) groups is 1. The van der Waals surface area contributed by atoms with Gasteiger partial charge in [0.15, 0.2) is 0 Å². The summed E-state index contributed by atoms with van der Waals surface area (Å²) < 4.78 is 12.2. The SMILES string of the molecule is CC(=O)Oc1c(C)c(C)c2c(c1C)CC[C@@](C)(CCC[C@@H](C)CCC[C@@H](C)CCCC(C)C)O2. The molecule has 0 saturated carbocycles. The van der Waals surface area contributed by atoms with Crippen molar-refractivity contribution in [2.24, 2.45) is 17.8 Å². The smallest absolute Gasteiger partial charge is 0.308 e. The predicted molar refractivity (Wildman–Crippen MR) is 144 cm³/mol. The summed E-state index contributed by atoms with van der Waals surface area (Å²) in [6.07, 6.45) is 13.9. The first-order chi connectivity index (χ1) is 15.9. The van der Waals surface area contributed by atoms with Gasteiger partial charge < -0.3 is 9.47 Å². The maximum absolute atomic E-state index is 11.6. The Labute approximate surface area is 210 Å². The monoisotopic (exact) mass is 472 g/mol. The summed E-state index contributed by atoms with van der Waals surface area (Å²) in [7, 11) is 0. The summed E-state index contributed by atoms with van der Waals surface area (Å²) in [6, 6.07) is 0. The Morgan fingerprint density at radius 1 is 0.882 bits per heavy atom. The lowest BCUT2D eigenvalue weighted by Crippen LogP contribution is -2.37. The topological polar surface area (TPSA) is 35.5 Å². The second kappa shape index (κ2) is 13.0. The maximum Gasteiger partial charge on any atom is 0.308 e. The lowest BCUT2D eigenvalue weighted by Gasteiger charge is -2.38. The molecule has 1 aromatic rings. The van der Waals surface area contributed by atoms with E-state index in [9.17, 15) is 4.79 Å². The second-order valence-electron chi connectivity index (χ2n) is 12.0. The summed E-state index contributed by atoms with van der Waals surface area (Å²) >= 11 is 0. The van der Waals surface area contributed by atoms with E-state index in [0.717, 1.165) is 65.2 Å². The molecule has 0 fully saturated rings.